The topological polar surface area (TPSA) is 9.72 Å². The van der Waals surface area contributed by atoms with Gasteiger partial charge in [0.25, 0.3) is 0 Å². The molecule has 0 N–H and O–H groups in total. The van der Waals surface area contributed by atoms with E-state index in [1.165, 1.54) is 66.7 Å². The summed E-state index contributed by atoms with van der Waals surface area (Å²) in [6, 6.07) is 99.4. The first-order chi connectivity index (χ1) is 36.2. The fourth-order valence-electron chi connectivity index (χ4n) is 11.1. The van der Waals surface area contributed by atoms with E-state index in [0.717, 1.165) is 39.7 Å². The fourth-order valence-corrected chi connectivity index (χ4v) is 11.1. The predicted molar refractivity (Wildman–Crippen MR) is 308 cm³/mol. The zero-order valence-electron chi connectivity index (χ0n) is 40.3. The molecule has 0 spiro atoms. The van der Waals surface area contributed by atoms with Gasteiger partial charge in [0.2, 0.25) is 0 Å². The summed E-state index contributed by atoms with van der Waals surface area (Å²) in [4.78, 5) is 7.31. The summed E-state index contributed by atoms with van der Waals surface area (Å²) < 4.78 is 0. The third kappa shape index (κ3) is 8.27. The number of anilines is 8. The fraction of sp³-hybridized carbons (Fsp3) is 0.0286. The van der Waals surface area contributed by atoms with E-state index in [0.29, 0.717) is 0 Å². The molecule has 11 aromatic carbocycles. The van der Waals surface area contributed by atoms with E-state index in [1.54, 1.807) is 0 Å². The number of fused-ring (bicyclic) bond motifs is 4. The normalized spacial score (nSPS) is 14.4. The van der Waals surface area contributed by atoms with Crippen molar-refractivity contribution < 1.29 is 0 Å². The zero-order valence-corrected chi connectivity index (χ0v) is 40.3. The van der Waals surface area contributed by atoms with E-state index in [2.05, 4.69) is 312 Å². The molecular weight excluding hydrogens is 883 g/mol. The second kappa shape index (κ2) is 19.0. The molecule has 346 valence electrons. The maximum atomic E-state index is 2.50. The van der Waals surface area contributed by atoms with Crippen LogP contribution in [0.1, 0.15) is 11.5 Å². The van der Waals surface area contributed by atoms with Gasteiger partial charge in [0.15, 0.2) is 0 Å². The van der Waals surface area contributed by atoms with Crippen molar-refractivity contribution in [2.45, 2.75) is 12.0 Å². The Morgan fingerprint density at radius 2 is 0.712 bits per heavy atom. The Morgan fingerprint density at radius 1 is 0.301 bits per heavy atom. The molecule has 0 fully saturated rings. The third-order valence-electron chi connectivity index (χ3n) is 14.6. The number of benzene rings is 11. The van der Waals surface area contributed by atoms with Crippen LogP contribution in [0, 0.1) is 0 Å². The third-order valence-corrected chi connectivity index (χ3v) is 14.6. The Balaban J connectivity index is 0.897. The van der Waals surface area contributed by atoms with Crippen LogP contribution in [0.5, 0.6) is 0 Å². The minimum Gasteiger partial charge on any atom is -0.333 e. The van der Waals surface area contributed by atoms with E-state index >= 15 is 0 Å². The maximum Gasteiger partial charge on any atom is 0.0629 e. The summed E-state index contributed by atoms with van der Waals surface area (Å²) >= 11 is 0. The van der Waals surface area contributed by atoms with Crippen molar-refractivity contribution in [1.29, 1.82) is 0 Å². The monoisotopic (exact) mass is 933 g/mol. The highest BCUT2D eigenvalue weighted by atomic mass is 15.2. The Hall–Kier alpha value is -9.44. The minimum atomic E-state index is 0.204. The van der Waals surface area contributed by atoms with Gasteiger partial charge in [-0.2, -0.15) is 0 Å². The highest BCUT2D eigenvalue weighted by Gasteiger charge is 2.38. The van der Waals surface area contributed by atoms with E-state index in [4.69, 9.17) is 0 Å². The SMILES string of the molecule is C1=CC2c3cc(N(c4ccc(-c5ccccc5)cc4)c4ccc(-c5ccc(N(c6ccc(-c7ccccc7)cc6)c6ccc(-c7ccccc7)cc6)cc5)c5ccccc45)ccc3N(c3ccccc3)C2C=C1. The van der Waals surface area contributed by atoms with Crippen molar-refractivity contribution in [3.63, 3.8) is 0 Å². The number of rotatable bonds is 11. The number of hydrogen-bond donors (Lipinski definition) is 0. The first kappa shape index (κ1) is 43.6. The average Bonchev–Trinajstić information content (AvgIpc) is 3.81. The molecular formula is C70H51N3. The van der Waals surface area contributed by atoms with Gasteiger partial charge in [-0.25, -0.2) is 0 Å². The van der Waals surface area contributed by atoms with Crippen molar-refractivity contribution in [3.8, 4) is 44.5 Å². The molecule has 3 nitrogen and oxygen atoms in total. The quantitative estimate of drug-likeness (QED) is 0.128. The van der Waals surface area contributed by atoms with Gasteiger partial charge in [-0.3, -0.25) is 0 Å². The first-order valence-electron chi connectivity index (χ1n) is 25.2. The summed E-state index contributed by atoms with van der Waals surface area (Å²) in [5, 5.41) is 2.37. The van der Waals surface area contributed by atoms with Gasteiger partial charge in [-0.1, -0.05) is 212 Å². The maximum absolute atomic E-state index is 2.50. The average molecular weight is 934 g/mol. The molecule has 3 heteroatoms. The molecule has 0 amide bonds. The van der Waals surface area contributed by atoms with Gasteiger partial charge in [-0.05, 0) is 140 Å². The Morgan fingerprint density at radius 3 is 1.23 bits per heavy atom. The van der Waals surface area contributed by atoms with E-state index < -0.39 is 0 Å². The van der Waals surface area contributed by atoms with Gasteiger partial charge < -0.3 is 14.7 Å². The van der Waals surface area contributed by atoms with Gasteiger partial charge in [0.05, 0.1) is 11.7 Å². The van der Waals surface area contributed by atoms with Crippen LogP contribution >= 0.6 is 0 Å². The molecule has 11 aromatic rings. The van der Waals surface area contributed by atoms with Crippen molar-refractivity contribution in [2.24, 2.45) is 0 Å². The molecule has 2 atom stereocenters. The molecule has 2 unspecified atom stereocenters. The summed E-state index contributed by atoms with van der Waals surface area (Å²) in [5.41, 5.74) is 19.9. The van der Waals surface area contributed by atoms with Crippen LogP contribution in [0.3, 0.4) is 0 Å². The van der Waals surface area contributed by atoms with Crippen LogP contribution in [0.2, 0.25) is 0 Å². The molecule has 1 aliphatic heterocycles. The molecule has 0 aromatic heterocycles. The largest absolute Gasteiger partial charge is 0.333 e. The molecule has 0 saturated carbocycles. The highest BCUT2D eigenvalue weighted by molar-refractivity contribution is 6.06. The molecule has 0 radical (unpaired) electrons. The van der Waals surface area contributed by atoms with Crippen LogP contribution in [-0.2, 0) is 0 Å². The Bertz CT molecular complexity index is 3670. The van der Waals surface area contributed by atoms with Gasteiger partial charge in [-0.15, -0.1) is 0 Å². The van der Waals surface area contributed by atoms with Crippen molar-refractivity contribution in [2.75, 3.05) is 14.7 Å². The number of hydrogen-bond acceptors (Lipinski definition) is 3. The number of allylic oxidation sites excluding steroid dienone is 2. The van der Waals surface area contributed by atoms with Gasteiger partial charge in [0, 0.05) is 51.1 Å². The number of para-hydroxylation sites is 1. The van der Waals surface area contributed by atoms with Gasteiger partial charge in [0.1, 0.15) is 0 Å². The van der Waals surface area contributed by atoms with Crippen LogP contribution < -0.4 is 14.7 Å². The summed E-state index contributed by atoms with van der Waals surface area (Å²) in [5.74, 6) is 0.225. The summed E-state index contributed by atoms with van der Waals surface area (Å²) in [6.07, 6.45) is 9.11. The molecule has 1 aliphatic carbocycles. The second-order valence-corrected chi connectivity index (χ2v) is 18.9. The molecule has 0 saturated heterocycles. The van der Waals surface area contributed by atoms with E-state index in [1.807, 2.05) is 0 Å². The van der Waals surface area contributed by atoms with Crippen LogP contribution in [0.25, 0.3) is 55.3 Å². The van der Waals surface area contributed by atoms with Crippen molar-refractivity contribution in [1.82, 2.24) is 0 Å². The van der Waals surface area contributed by atoms with E-state index in [9.17, 15) is 0 Å². The molecule has 73 heavy (non-hydrogen) atoms. The smallest absolute Gasteiger partial charge is 0.0629 e. The van der Waals surface area contributed by atoms with E-state index in [-0.39, 0.29) is 12.0 Å². The highest BCUT2D eigenvalue weighted by Crippen LogP contribution is 2.51. The predicted octanol–water partition coefficient (Wildman–Crippen LogP) is 19.2. The molecule has 0 bridgehead atoms. The van der Waals surface area contributed by atoms with Crippen LogP contribution in [0.4, 0.5) is 45.5 Å². The standard InChI is InChI=1S/C70H51N3/c1-5-17-50(18-6-1)53-29-37-58(38-30-53)71(59-39-31-54(32-40-59)51-19-7-2-8-20-51)60-43-35-56(36-44-60)63-46-48-69(65-26-14-13-25-64(63)65)72(61-41-33-55(34-42-61)52-21-9-3-10-22-52)62-45-47-70-67(49-62)66-27-15-16-28-68(66)73(70)57-23-11-4-12-24-57/h1-49,66,68H. The zero-order chi connectivity index (χ0) is 48.5. The second-order valence-electron chi connectivity index (χ2n) is 18.9. The molecule has 13 rings (SSSR count). The lowest BCUT2D eigenvalue weighted by Gasteiger charge is -2.29. The summed E-state index contributed by atoms with van der Waals surface area (Å²) in [7, 11) is 0. The summed E-state index contributed by atoms with van der Waals surface area (Å²) in [6.45, 7) is 0. The van der Waals surface area contributed by atoms with Crippen molar-refractivity contribution >= 4 is 56.3 Å². The minimum absolute atomic E-state index is 0.204. The number of nitrogens with zero attached hydrogens (tertiary/aromatic N) is 3. The lowest BCUT2D eigenvalue weighted by Crippen LogP contribution is -2.28. The molecule has 1 heterocycles. The Labute approximate surface area is 428 Å². The first-order valence-corrected chi connectivity index (χ1v) is 25.2. The van der Waals surface area contributed by atoms with Crippen LogP contribution in [-0.4, -0.2) is 6.04 Å². The Kier molecular flexibility index (Phi) is 11.4. The van der Waals surface area contributed by atoms with Crippen LogP contribution in [0.15, 0.2) is 297 Å². The molecule has 2 aliphatic rings. The van der Waals surface area contributed by atoms with Gasteiger partial charge >= 0.3 is 0 Å². The lowest BCUT2D eigenvalue weighted by atomic mass is 9.91. The lowest BCUT2D eigenvalue weighted by molar-refractivity contribution is 0.745. The van der Waals surface area contributed by atoms with Crippen molar-refractivity contribution in [3.05, 3.63) is 303 Å².